The third kappa shape index (κ3) is 4.26. The van der Waals surface area contributed by atoms with Crippen molar-refractivity contribution < 1.29 is 9.84 Å². The van der Waals surface area contributed by atoms with Gasteiger partial charge in [0.05, 0.1) is 0 Å². The maximum absolute atomic E-state index is 10.5. The second-order valence-electron chi connectivity index (χ2n) is 7.46. The number of nitrogens with zero attached hydrogens (tertiary/aromatic N) is 2. The van der Waals surface area contributed by atoms with E-state index in [1.54, 1.807) is 0 Å². The second kappa shape index (κ2) is 8.21. The number of β-amino-alcohol motifs (C(OH)–C–C–N with tert-alkyl or cyclic N) is 1. The Kier molecular flexibility index (Phi) is 5.54. The van der Waals surface area contributed by atoms with Gasteiger partial charge in [-0.3, -0.25) is 9.80 Å². The molecule has 4 rings (SSSR count). The fourth-order valence-corrected chi connectivity index (χ4v) is 3.80. The topological polar surface area (TPSA) is 35.9 Å². The highest BCUT2D eigenvalue weighted by atomic mass is 16.5. The average molecular weight is 352 g/mol. The highest BCUT2D eigenvalue weighted by Gasteiger charge is 2.20. The molecule has 138 valence electrons. The van der Waals surface area contributed by atoms with Gasteiger partial charge in [-0.15, -0.1) is 0 Å². The molecule has 2 aromatic carbocycles. The molecule has 2 aliphatic heterocycles. The van der Waals surface area contributed by atoms with E-state index in [1.807, 2.05) is 12.1 Å². The third-order valence-electron chi connectivity index (χ3n) is 5.43. The van der Waals surface area contributed by atoms with Crippen LogP contribution in [0.2, 0.25) is 0 Å². The van der Waals surface area contributed by atoms with Crippen molar-refractivity contribution in [3.8, 4) is 5.75 Å². The summed E-state index contributed by atoms with van der Waals surface area (Å²) >= 11 is 0. The second-order valence-corrected chi connectivity index (χ2v) is 7.46. The largest absolute Gasteiger partial charge is 0.491 e. The van der Waals surface area contributed by atoms with Crippen molar-refractivity contribution in [2.45, 2.75) is 32.0 Å². The molecule has 1 N–H and O–H groups in total. The van der Waals surface area contributed by atoms with Gasteiger partial charge in [0.1, 0.15) is 18.5 Å². The number of aliphatic hydroxyl groups excluding tert-OH is 1. The fraction of sp³-hybridized carbons (Fsp3) is 0.455. The summed E-state index contributed by atoms with van der Waals surface area (Å²) in [6.07, 6.45) is 1.88. The summed E-state index contributed by atoms with van der Waals surface area (Å²) in [6, 6.07) is 16.8. The van der Waals surface area contributed by atoms with Crippen LogP contribution in [0.1, 0.15) is 23.1 Å². The minimum absolute atomic E-state index is 0.342. The number of benzene rings is 2. The van der Waals surface area contributed by atoms with Crippen molar-refractivity contribution in [1.82, 2.24) is 9.80 Å². The molecule has 2 heterocycles. The zero-order chi connectivity index (χ0) is 17.8. The number of aliphatic hydroxyl groups is 1. The number of rotatable bonds is 7. The van der Waals surface area contributed by atoms with Gasteiger partial charge in [-0.2, -0.15) is 0 Å². The van der Waals surface area contributed by atoms with Crippen molar-refractivity contribution in [1.29, 1.82) is 0 Å². The normalized spacial score (nSPS) is 18.8. The first-order valence-electron chi connectivity index (χ1n) is 9.68. The Bertz CT molecular complexity index is 730. The van der Waals surface area contributed by atoms with Crippen molar-refractivity contribution in [3.05, 3.63) is 65.2 Å². The number of para-hydroxylation sites is 1. The summed E-state index contributed by atoms with van der Waals surface area (Å²) in [4.78, 5) is 4.74. The van der Waals surface area contributed by atoms with Gasteiger partial charge in [0, 0.05) is 31.7 Å². The Hall–Kier alpha value is -1.88. The number of ether oxygens (including phenoxy) is 1. The Morgan fingerprint density at radius 2 is 1.69 bits per heavy atom. The van der Waals surface area contributed by atoms with Crippen LogP contribution in [-0.4, -0.2) is 53.8 Å². The van der Waals surface area contributed by atoms with Crippen LogP contribution in [-0.2, 0) is 19.5 Å². The molecular formula is C22H28N2O2. The van der Waals surface area contributed by atoms with Gasteiger partial charge < -0.3 is 9.84 Å². The van der Waals surface area contributed by atoms with E-state index < -0.39 is 6.10 Å². The van der Waals surface area contributed by atoms with E-state index in [9.17, 15) is 5.11 Å². The van der Waals surface area contributed by atoms with E-state index in [0.29, 0.717) is 13.2 Å². The number of likely N-dealkylation sites (tertiary alicyclic amines) is 1. The van der Waals surface area contributed by atoms with Gasteiger partial charge in [0.2, 0.25) is 0 Å². The van der Waals surface area contributed by atoms with Crippen LogP contribution in [0, 0.1) is 0 Å². The number of fused-ring (bicyclic) bond motifs is 1. The van der Waals surface area contributed by atoms with E-state index in [4.69, 9.17) is 4.74 Å². The monoisotopic (exact) mass is 352 g/mol. The molecular weight excluding hydrogens is 324 g/mol. The first-order chi connectivity index (χ1) is 12.8. The van der Waals surface area contributed by atoms with Crippen molar-refractivity contribution in [3.63, 3.8) is 0 Å². The molecule has 4 nitrogen and oxygen atoms in total. The van der Waals surface area contributed by atoms with E-state index in [2.05, 4.69) is 46.2 Å². The SMILES string of the molecule is OC(COc1ccccc1CN1CCC1)CN1CCc2ccccc2C1. The minimum Gasteiger partial charge on any atom is -0.491 e. The van der Waals surface area contributed by atoms with Crippen LogP contribution in [0.5, 0.6) is 5.75 Å². The molecule has 1 atom stereocenters. The predicted octanol–water partition coefficient (Wildman–Crippen LogP) is 2.69. The Morgan fingerprint density at radius 3 is 2.50 bits per heavy atom. The number of hydrogen-bond acceptors (Lipinski definition) is 4. The Labute approximate surface area is 156 Å². The van der Waals surface area contributed by atoms with E-state index in [1.165, 1.54) is 36.2 Å². The summed E-state index contributed by atoms with van der Waals surface area (Å²) in [5.41, 5.74) is 4.03. The zero-order valence-corrected chi connectivity index (χ0v) is 15.3. The molecule has 1 saturated heterocycles. The van der Waals surface area contributed by atoms with Crippen molar-refractivity contribution >= 4 is 0 Å². The van der Waals surface area contributed by atoms with Crippen LogP contribution >= 0.6 is 0 Å². The van der Waals surface area contributed by atoms with Gasteiger partial charge in [-0.25, -0.2) is 0 Å². The molecule has 1 unspecified atom stereocenters. The Morgan fingerprint density at radius 1 is 0.923 bits per heavy atom. The van der Waals surface area contributed by atoms with Crippen LogP contribution in [0.15, 0.2) is 48.5 Å². The number of hydrogen-bond donors (Lipinski definition) is 1. The van der Waals surface area contributed by atoms with E-state index >= 15 is 0 Å². The molecule has 1 fully saturated rings. The highest BCUT2D eigenvalue weighted by molar-refractivity contribution is 5.33. The summed E-state index contributed by atoms with van der Waals surface area (Å²) in [7, 11) is 0. The lowest BCUT2D eigenvalue weighted by Crippen LogP contribution is -2.39. The standard InChI is InChI=1S/C22H28N2O2/c25-21(16-24-13-10-18-6-1-2-7-19(18)14-24)17-26-22-9-4-3-8-20(22)15-23-11-5-12-23/h1-4,6-9,21,25H,5,10-17H2. The molecule has 0 spiro atoms. The molecule has 4 heteroatoms. The molecule has 0 aromatic heterocycles. The van der Waals surface area contributed by atoms with Gasteiger partial charge in [0.15, 0.2) is 0 Å². The van der Waals surface area contributed by atoms with E-state index in [-0.39, 0.29) is 0 Å². The molecule has 26 heavy (non-hydrogen) atoms. The molecule has 2 aromatic rings. The van der Waals surface area contributed by atoms with Crippen molar-refractivity contribution in [2.75, 3.05) is 32.8 Å². The molecule has 2 aliphatic rings. The summed E-state index contributed by atoms with van der Waals surface area (Å²) in [5.74, 6) is 0.905. The molecule has 0 bridgehead atoms. The molecule has 0 saturated carbocycles. The molecule has 0 radical (unpaired) electrons. The third-order valence-corrected chi connectivity index (χ3v) is 5.43. The lowest BCUT2D eigenvalue weighted by molar-refractivity contribution is 0.0628. The summed E-state index contributed by atoms with van der Waals surface area (Å²) < 4.78 is 5.98. The van der Waals surface area contributed by atoms with Crippen LogP contribution in [0.3, 0.4) is 0 Å². The summed E-state index contributed by atoms with van der Waals surface area (Å²) in [5, 5.41) is 10.5. The molecule has 0 aliphatic carbocycles. The minimum atomic E-state index is -0.475. The first-order valence-corrected chi connectivity index (χ1v) is 9.68. The fourth-order valence-electron chi connectivity index (χ4n) is 3.80. The van der Waals surface area contributed by atoms with Gasteiger partial charge in [-0.05, 0) is 43.1 Å². The average Bonchev–Trinajstić information content (AvgIpc) is 2.63. The van der Waals surface area contributed by atoms with Crippen LogP contribution in [0.4, 0.5) is 0 Å². The first kappa shape index (κ1) is 17.5. The van der Waals surface area contributed by atoms with Crippen LogP contribution < -0.4 is 4.74 Å². The van der Waals surface area contributed by atoms with Gasteiger partial charge in [0.25, 0.3) is 0 Å². The maximum Gasteiger partial charge on any atom is 0.123 e. The maximum atomic E-state index is 10.5. The van der Waals surface area contributed by atoms with Crippen molar-refractivity contribution in [2.24, 2.45) is 0 Å². The predicted molar refractivity (Wildman–Crippen MR) is 103 cm³/mol. The lowest BCUT2D eigenvalue weighted by Gasteiger charge is -2.31. The smallest absolute Gasteiger partial charge is 0.123 e. The van der Waals surface area contributed by atoms with Crippen LogP contribution in [0.25, 0.3) is 0 Å². The molecule has 0 amide bonds. The lowest BCUT2D eigenvalue weighted by atomic mass is 10.00. The summed E-state index contributed by atoms with van der Waals surface area (Å²) in [6.45, 7) is 6.20. The van der Waals surface area contributed by atoms with E-state index in [0.717, 1.165) is 31.8 Å². The highest BCUT2D eigenvalue weighted by Crippen LogP contribution is 2.23. The quantitative estimate of drug-likeness (QED) is 0.831. The zero-order valence-electron chi connectivity index (χ0n) is 15.3. The Balaban J connectivity index is 1.29. The van der Waals surface area contributed by atoms with Gasteiger partial charge >= 0.3 is 0 Å². The van der Waals surface area contributed by atoms with Gasteiger partial charge in [-0.1, -0.05) is 42.5 Å².